The minimum Gasteiger partial charge on any atom is -0.462 e. The number of aliphatic hydroxyl groups is 1. The second-order valence-corrected chi connectivity index (χ2v) is 6.53. The molecule has 2 atom stereocenters. The molecule has 1 aliphatic heterocycles. The van der Waals surface area contributed by atoms with Gasteiger partial charge in [-0.2, -0.15) is 0 Å². The van der Waals surface area contributed by atoms with Gasteiger partial charge in [0.2, 0.25) is 5.91 Å². The van der Waals surface area contributed by atoms with E-state index in [9.17, 15) is 4.79 Å². The Bertz CT molecular complexity index is 510. The number of carbonyl (C=O) groups is 1. The molecule has 2 fully saturated rings. The normalized spacial score (nSPS) is 25.5. The van der Waals surface area contributed by atoms with Crippen LogP contribution in [0.15, 0.2) is 16.5 Å². The molecule has 0 radical (unpaired) electrons. The van der Waals surface area contributed by atoms with Gasteiger partial charge in [0, 0.05) is 25.0 Å². The van der Waals surface area contributed by atoms with E-state index >= 15 is 0 Å². The molecule has 0 spiro atoms. The minimum absolute atomic E-state index is 0.0563. The summed E-state index contributed by atoms with van der Waals surface area (Å²) < 4.78 is 5.51. The molecule has 2 N–H and O–H groups in total. The summed E-state index contributed by atoms with van der Waals surface area (Å²) in [7, 11) is 0. The first-order chi connectivity index (χ1) is 10.7. The molecular weight excluding hydrogens is 280 g/mol. The third kappa shape index (κ3) is 3.52. The molecule has 1 aromatic heterocycles. The summed E-state index contributed by atoms with van der Waals surface area (Å²) in [5.74, 6) is 2.66. The van der Waals surface area contributed by atoms with Gasteiger partial charge in [0.1, 0.15) is 18.1 Å². The van der Waals surface area contributed by atoms with Crippen LogP contribution in [0.1, 0.15) is 44.1 Å². The fourth-order valence-electron chi connectivity index (χ4n) is 3.34. The number of furan rings is 1. The Morgan fingerprint density at radius 3 is 2.77 bits per heavy atom. The first-order valence-corrected chi connectivity index (χ1v) is 8.42. The standard InChI is InChI=1S/C17H26N2O3/c1-2-12-10-19(17(21)13-3-4-13)8-7-16(12)18-9-14-5-6-15(11-20)22-14/h5-6,12-13,16,18,20H,2-4,7-11H2,1H3/t12-,16+/m0/s1. The summed E-state index contributed by atoms with van der Waals surface area (Å²) in [6.45, 7) is 4.56. The fourth-order valence-corrected chi connectivity index (χ4v) is 3.34. The van der Waals surface area contributed by atoms with E-state index < -0.39 is 0 Å². The molecule has 0 aromatic carbocycles. The van der Waals surface area contributed by atoms with Gasteiger partial charge in [0.05, 0.1) is 6.54 Å². The van der Waals surface area contributed by atoms with Crippen molar-refractivity contribution < 1.29 is 14.3 Å². The van der Waals surface area contributed by atoms with Crippen molar-refractivity contribution in [2.75, 3.05) is 13.1 Å². The lowest BCUT2D eigenvalue weighted by Crippen LogP contribution is -2.51. The molecule has 122 valence electrons. The van der Waals surface area contributed by atoms with Crippen LogP contribution in [0.4, 0.5) is 0 Å². The van der Waals surface area contributed by atoms with Crippen LogP contribution in [0.25, 0.3) is 0 Å². The lowest BCUT2D eigenvalue weighted by molar-refractivity contribution is -0.134. The molecule has 22 heavy (non-hydrogen) atoms. The van der Waals surface area contributed by atoms with Gasteiger partial charge in [-0.25, -0.2) is 0 Å². The summed E-state index contributed by atoms with van der Waals surface area (Å²) in [6.07, 6.45) is 4.25. The van der Waals surface area contributed by atoms with Gasteiger partial charge in [-0.1, -0.05) is 13.3 Å². The zero-order valence-electron chi connectivity index (χ0n) is 13.3. The van der Waals surface area contributed by atoms with Crippen LogP contribution in [-0.4, -0.2) is 35.0 Å². The fraction of sp³-hybridized carbons (Fsp3) is 0.706. The highest BCUT2D eigenvalue weighted by molar-refractivity contribution is 5.81. The number of nitrogens with zero attached hydrogens (tertiary/aromatic N) is 1. The first kappa shape index (κ1) is 15.6. The zero-order valence-corrected chi connectivity index (χ0v) is 13.3. The number of amides is 1. The van der Waals surface area contributed by atoms with Crippen LogP contribution >= 0.6 is 0 Å². The monoisotopic (exact) mass is 306 g/mol. The zero-order chi connectivity index (χ0) is 15.5. The number of hydrogen-bond donors (Lipinski definition) is 2. The van der Waals surface area contributed by atoms with Crippen LogP contribution in [0, 0.1) is 11.8 Å². The molecule has 1 saturated carbocycles. The van der Waals surface area contributed by atoms with Crippen LogP contribution in [0.2, 0.25) is 0 Å². The van der Waals surface area contributed by atoms with Crippen molar-refractivity contribution in [3.63, 3.8) is 0 Å². The molecule has 1 saturated heterocycles. The average Bonchev–Trinajstić information content (AvgIpc) is 3.30. The number of hydrogen-bond acceptors (Lipinski definition) is 4. The van der Waals surface area contributed by atoms with Gasteiger partial charge in [0.15, 0.2) is 0 Å². The quantitative estimate of drug-likeness (QED) is 0.842. The highest BCUT2D eigenvalue weighted by atomic mass is 16.4. The maximum atomic E-state index is 12.2. The number of aliphatic hydroxyl groups excluding tert-OH is 1. The summed E-state index contributed by atoms with van der Waals surface area (Å²) in [5, 5.41) is 12.6. The summed E-state index contributed by atoms with van der Waals surface area (Å²) in [5.41, 5.74) is 0. The van der Waals surface area contributed by atoms with E-state index in [0.717, 1.165) is 44.5 Å². The van der Waals surface area contributed by atoms with E-state index in [1.54, 1.807) is 0 Å². The van der Waals surface area contributed by atoms with E-state index in [-0.39, 0.29) is 6.61 Å². The lowest BCUT2D eigenvalue weighted by Gasteiger charge is -2.39. The van der Waals surface area contributed by atoms with E-state index in [0.29, 0.717) is 36.1 Å². The number of nitrogens with one attached hydrogen (secondary N) is 1. The van der Waals surface area contributed by atoms with Crippen LogP contribution < -0.4 is 5.32 Å². The Morgan fingerprint density at radius 1 is 1.36 bits per heavy atom. The minimum atomic E-state index is -0.0563. The van der Waals surface area contributed by atoms with Gasteiger partial charge in [-0.05, 0) is 37.3 Å². The third-order valence-corrected chi connectivity index (χ3v) is 4.91. The van der Waals surface area contributed by atoms with E-state index in [1.165, 1.54) is 0 Å². The number of likely N-dealkylation sites (tertiary alicyclic amines) is 1. The van der Waals surface area contributed by atoms with Gasteiger partial charge in [-0.15, -0.1) is 0 Å². The molecule has 5 nitrogen and oxygen atoms in total. The summed E-state index contributed by atoms with van der Waals surface area (Å²) in [4.78, 5) is 14.3. The molecule has 1 aliphatic carbocycles. The van der Waals surface area contributed by atoms with Gasteiger partial charge in [0.25, 0.3) is 0 Å². The maximum absolute atomic E-state index is 12.2. The van der Waals surface area contributed by atoms with Crippen molar-refractivity contribution >= 4 is 5.91 Å². The van der Waals surface area contributed by atoms with Crippen molar-refractivity contribution in [1.29, 1.82) is 0 Å². The molecule has 1 aromatic rings. The molecule has 3 rings (SSSR count). The predicted molar refractivity (Wildman–Crippen MR) is 83.0 cm³/mol. The topological polar surface area (TPSA) is 65.7 Å². The smallest absolute Gasteiger partial charge is 0.225 e. The first-order valence-electron chi connectivity index (χ1n) is 8.42. The van der Waals surface area contributed by atoms with Gasteiger partial charge >= 0.3 is 0 Å². The largest absolute Gasteiger partial charge is 0.462 e. The Morgan fingerprint density at radius 2 is 2.14 bits per heavy atom. The van der Waals surface area contributed by atoms with E-state index in [1.807, 2.05) is 12.1 Å². The number of rotatable bonds is 6. The number of piperidine rings is 1. The maximum Gasteiger partial charge on any atom is 0.225 e. The van der Waals surface area contributed by atoms with Crippen molar-refractivity contribution in [2.45, 2.75) is 51.8 Å². The molecule has 1 amide bonds. The Balaban J connectivity index is 1.51. The van der Waals surface area contributed by atoms with Crippen LogP contribution in [0.3, 0.4) is 0 Å². The van der Waals surface area contributed by atoms with Crippen molar-refractivity contribution in [1.82, 2.24) is 10.2 Å². The molecule has 5 heteroatoms. The second-order valence-electron chi connectivity index (χ2n) is 6.53. The van der Waals surface area contributed by atoms with Crippen LogP contribution in [-0.2, 0) is 17.9 Å². The summed E-state index contributed by atoms with van der Waals surface area (Å²) >= 11 is 0. The lowest BCUT2D eigenvalue weighted by atomic mass is 9.89. The molecule has 2 aliphatic rings. The Labute approximate surface area is 131 Å². The van der Waals surface area contributed by atoms with Gasteiger partial charge in [-0.3, -0.25) is 4.79 Å². The molecule has 0 bridgehead atoms. The van der Waals surface area contributed by atoms with Crippen molar-refractivity contribution in [3.05, 3.63) is 23.7 Å². The molecular formula is C17H26N2O3. The highest BCUT2D eigenvalue weighted by Gasteiger charge is 2.37. The van der Waals surface area contributed by atoms with Gasteiger partial charge < -0.3 is 19.7 Å². The van der Waals surface area contributed by atoms with E-state index in [2.05, 4.69) is 17.1 Å². The average molecular weight is 306 g/mol. The summed E-state index contributed by atoms with van der Waals surface area (Å²) in [6, 6.07) is 4.15. The Kier molecular flexibility index (Phi) is 4.84. The SMILES string of the molecule is CC[C@H]1CN(C(=O)C2CC2)CC[C@H]1NCc1ccc(CO)o1. The van der Waals surface area contributed by atoms with Crippen molar-refractivity contribution in [3.8, 4) is 0 Å². The molecule has 0 unspecified atom stereocenters. The van der Waals surface area contributed by atoms with E-state index in [4.69, 9.17) is 9.52 Å². The number of carbonyl (C=O) groups excluding carboxylic acids is 1. The van der Waals surface area contributed by atoms with Crippen LogP contribution in [0.5, 0.6) is 0 Å². The molecule has 2 heterocycles. The predicted octanol–water partition coefficient (Wildman–Crippen LogP) is 1.90. The van der Waals surface area contributed by atoms with Crippen molar-refractivity contribution in [2.24, 2.45) is 11.8 Å². The third-order valence-electron chi connectivity index (χ3n) is 4.91. The second kappa shape index (κ2) is 6.84. The highest BCUT2D eigenvalue weighted by Crippen LogP contribution is 2.33. The Hall–Kier alpha value is -1.33.